The van der Waals surface area contributed by atoms with Gasteiger partial charge in [0, 0.05) is 45.6 Å². The first-order chi connectivity index (χ1) is 40.2. The summed E-state index contributed by atoms with van der Waals surface area (Å²) in [5.74, 6) is -1.14. The highest BCUT2D eigenvalue weighted by Gasteiger charge is 2.89. The average molecular weight is 1160 g/mol. The summed E-state index contributed by atoms with van der Waals surface area (Å²) in [6.07, 6.45) is 13.4. The van der Waals surface area contributed by atoms with Gasteiger partial charge in [-0.2, -0.15) is 0 Å². The lowest BCUT2D eigenvalue weighted by Crippen LogP contribution is -2.82. The molecule has 14 aliphatic rings. The van der Waals surface area contributed by atoms with Crippen LogP contribution in [0.25, 0.3) is 32.4 Å². The molecule has 1 aromatic heterocycles. The topological polar surface area (TPSA) is 194 Å². The third-order valence-electron chi connectivity index (χ3n) is 28.2. The van der Waals surface area contributed by atoms with E-state index in [-0.39, 0.29) is 57.5 Å². The van der Waals surface area contributed by atoms with Gasteiger partial charge in [-0.3, -0.25) is 0 Å². The second-order valence-electron chi connectivity index (χ2n) is 30.1. The average Bonchev–Trinajstić information content (AvgIpc) is 1.56. The fourth-order valence-corrected chi connectivity index (χ4v) is 28.4. The van der Waals surface area contributed by atoms with E-state index >= 15 is 4.79 Å². The number of ether oxygens (including phenoxy) is 3. The van der Waals surface area contributed by atoms with Gasteiger partial charge in [0.05, 0.1) is 35.4 Å². The first-order valence-electron chi connectivity index (χ1n) is 32.4. The van der Waals surface area contributed by atoms with Crippen LogP contribution in [0.3, 0.4) is 0 Å². The Bertz CT molecular complexity index is 3540. The van der Waals surface area contributed by atoms with Crippen molar-refractivity contribution in [3.05, 3.63) is 83.6 Å². The number of benzene rings is 4. The van der Waals surface area contributed by atoms with Crippen molar-refractivity contribution in [2.45, 2.75) is 194 Å². The minimum absolute atomic E-state index is 0.0800. The minimum Gasteiger partial charge on any atom is -0.508 e. The number of aromatic nitrogens is 1. The van der Waals surface area contributed by atoms with Crippen molar-refractivity contribution in [3.63, 3.8) is 0 Å². The molecule has 14 heteroatoms. The van der Waals surface area contributed by atoms with Crippen molar-refractivity contribution in [2.24, 2.45) is 68.5 Å². The molecule has 12 nitrogen and oxygen atoms in total. The molecule has 9 saturated carbocycles. The number of aliphatic hydroxyl groups excluding tert-OH is 3. The largest absolute Gasteiger partial charge is 0.508 e. The van der Waals surface area contributed by atoms with Gasteiger partial charge in [0.2, 0.25) is 5.79 Å². The van der Waals surface area contributed by atoms with E-state index in [2.05, 4.69) is 46.7 Å². The van der Waals surface area contributed by atoms with Gasteiger partial charge in [-0.15, -0.1) is 0 Å². The Hall–Kier alpha value is -3.41. The SMILES string of the molecule is CN[C@@H]1CSSC[C@@H]2c3cc(O)ccc3[C@]34[C@H](CC[C@@]35[C@H](O)[C@H]1C[C@@H]1[C@@H]3C[C@@]6([C@H](O)[C@]7(O)O[C@@H](C(=O)Oc8c(CO)[nH]c9ccc%10cc%11ccccc%11cc%10c89)[C@H](O[C@@H]15)[C@]37O)C1(CCCC1)CC[C@]61CCC3(CCCC3)C1)C[C@H]1CC[C@@H]2[C@H]14. The van der Waals surface area contributed by atoms with Crippen molar-refractivity contribution in [2.75, 3.05) is 18.6 Å². The Balaban J connectivity index is 0.868. The van der Waals surface area contributed by atoms with Crippen LogP contribution in [-0.4, -0.2) is 108 Å². The predicted molar refractivity (Wildman–Crippen MR) is 320 cm³/mol. The highest BCUT2D eigenvalue weighted by atomic mass is 33.1. The zero-order valence-corrected chi connectivity index (χ0v) is 49.5. The standard InChI is InChI=1S/C69H82N2O10S2/c1-70-52-34-83-82-33-47-42-13-10-39-27-40-16-21-65(67(40,54(39)42)48-14-12-41(73)29-44(47)48)57(74)46(52)30-45-49-31-66(63(19-6-7-20-63)24-25-64(66)23-22-62(35-64)17-4-5-18-62)61(76)69(78)68(49,77)59(80-58(45)65)56(81-69)60(75)79-55-51(32-72)71-50-15-11-38-26-36-8-2-3-9-37(36)28-43(38)53(50)55/h2-3,8-9,11-12,14-15,26,28-29,39-40,42,45-47,49,52,54,56-59,61,70-74,76-78H,4-7,10,13,16-25,27,30-35H2,1H3/t39-,40-,42+,45-,46+,47+,49+,52-,54+,56-,57-,58+,59+,61+,64+,65+,66-,67+,68-,69+/m1/s1. The van der Waals surface area contributed by atoms with Crippen LogP contribution >= 0.6 is 21.6 Å². The van der Waals surface area contributed by atoms with Gasteiger partial charge in [-0.25, -0.2) is 4.79 Å². The lowest BCUT2D eigenvalue weighted by Gasteiger charge is -2.72. The van der Waals surface area contributed by atoms with Crippen LogP contribution in [0.15, 0.2) is 66.7 Å². The van der Waals surface area contributed by atoms with Crippen LogP contribution in [0.5, 0.6) is 11.5 Å². The Kier molecular flexibility index (Phi) is 11.2. The number of fused-ring (bicyclic) bond motifs is 12. The number of phenolic OH excluding ortho intramolecular Hbond substituents is 1. The quantitative estimate of drug-likeness (QED) is 0.0482. The van der Waals surface area contributed by atoms with Crippen molar-refractivity contribution in [3.8, 4) is 11.5 Å². The second kappa shape index (κ2) is 17.7. The molecule has 6 spiro atoms. The van der Waals surface area contributed by atoms with Crippen LogP contribution in [0.2, 0.25) is 0 Å². The van der Waals surface area contributed by atoms with Gasteiger partial charge in [0.1, 0.15) is 18.0 Å². The number of carbonyl (C=O) groups excluding carboxylic acids is 1. The number of hydrogen-bond donors (Lipinski definition) is 8. The number of aromatic hydroxyl groups is 1. The van der Waals surface area contributed by atoms with Gasteiger partial charge in [-0.05, 0) is 225 Å². The molecule has 440 valence electrons. The fourth-order valence-electron chi connectivity index (χ4n) is 25.6. The van der Waals surface area contributed by atoms with E-state index in [0.717, 1.165) is 117 Å². The Morgan fingerprint density at radius 1 is 0.795 bits per heavy atom. The van der Waals surface area contributed by atoms with E-state index < -0.39 is 82.6 Å². The molecule has 10 aliphatic carbocycles. The second-order valence-corrected chi connectivity index (χ2v) is 32.6. The van der Waals surface area contributed by atoms with E-state index in [1.807, 2.05) is 59.0 Å². The number of esters is 1. The molecule has 3 saturated heterocycles. The molecule has 83 heavy (non-hydrogen) atoms. The number of H-pyrrole nitrogens is 1. The molecule has 0 unspecified atom stereocenters. The van der Waals surface area contributed by atoms with Crippen LogP contribution in [0, 0.1) is 68.5 Å². The number of rotatable bonds is 4. The van der Waals surface area contributed by atoms with Crippen molar-refractivity contribution < 1.29 is 49.6 Å². The van der Waals surface area contributed by atoms with E-state index in [9.17, 15) is 30.6 Å². The first kappa shape index (κ1) is 52.7. The number of aliphatic hydroxyl groups is 5. The molecule has 0 amide bonds. The third kappa shape index (κ3) is 6.16. The van der Waals surface area contributed by atoms with Crippen LogP contribution in [0.1, 0.15) is 151 Å². The van der Waals surface area contributed by atoms with Gasteiger partial charge in [-0.1, -0.05) is 83.7 Å². The minimum atomic E-state index is -2.64. The van der Waals surface area contributed by atoms with Crippen molar-refractivity contribution in [1.29, 1.82) is 0 Å². The lowest BCUT2D eigenvalue weighted by atomic mass is 9.37. The summed E-state index contributed by atoms with van der Waals surface area (Å²) in [7, 11) is 5.87. The summed E-state index contributed by atoms with van der Waals surface area (Å²) in [6.45, 7) is -0.455. The Morgan fingerprint density at radius 2 is 1.57 bits per heavy atom. The van der Waals surface area contributed by atoms with E-state index in [1.165, 1.54) is 36.8 Å². The van der Waals surface area contributed by atoms with Gasteiger partial charge < -0.3 is 55.2 Å². The summed E-state index contributed by atoms with van der Waals surface area (Å²) in [4.78, 5) is 19.6. The molecular formula is C69H82N2O10S2. The Morgan fingerprint density at radius 3 is 2.37 bits per heavy atom. The maximum Gasteiger partial charge on any atom is 0.343 e. The Labute approximate surface area is 493 Å². The number of carbonyl (C=O) groups is 1. The number of phenols is 1. The summed E-state index contributed by atoms with van der Waals surface area (Å²) in [6, 6.07) is 22.4. The van der Waals surface area contributed by atoms with Crippen molar-refractivity contribution >= 4 is 60.0 Å². The summed E-state index contributed by atoms with van der Waals surface area (Å²) < 4.78 is 22.1. The maximum atomic E-state index is 16.2. The fraction of sp³-hybridized carbons (Fsp3) is 0.667. The predicted octanol–water partition coefficient (Wildman–Crippen LogP) is 11.1. The third-order valence-corrected chi connectivity index (χ3v) is 30.6. The molecular weight excluding hydrogens is 1080 g/mol. The van der Waals surface area contributed by atoms with E-state index in [1.54, 1.807) is 0 Å². The highest BCUT2D eigenvalue weighted by molar-refractivity contribution is 8.76. The molecule has 19 rings (SSSR count). The molecule has 5 heterocycles. The van der Waals surface area contributed by atoms with Gasteiger partial charge in [0.15, 0.2) is 17.5 Å². The molecule has 20 atom stereocenters. The van der Waals surface area contributed by atoms with Gasteiger partial charge >= 0.3 is 5.97 Å². The van der Waals surface area contributed by atoms with E-state index in [0.29, 0.717) is 47.7 Å². The van der Waals surface area contributed by atoms with Crippen LogP contribution in [-0.2, 0) is 26.3 Å². The number of nitrogens with one attached hydrogen (secondary N) is 2. The van der Waals surface area contributed by atoms with Crippen molar-refractivity contribution in [1.82, 2.24) is 10.3 Å². The zero-order chi connectivity index (χ0) is 56.0. The number of aromatic amines is 1. The van der Waals surface area contributed by atoms with Gasteiger partial charge in [0.25, 0.3) is 0 Å². The highest BCUT2D eigenvalue weighted by Crippen LogP contribution is 2.85. The molecule has 4 bridgehead atoms. The molecule has 5 aromatic rings. The van der Waals surface area contributed by atoms with E-state index in [4.69, 9.17) is 14.2 Å². The molecule has 8 N–H and O–H groups in total. The molecule has 4 aliphatic heterocycles. The van der Waals surface area contributed by atoms with Crippen LogP contribution < -0.4 is 10.1 Å². The monoisotopic (exact) mass is 1160 g/mol. The summed E-state index contributed by atoms with van der Waals surface area (Å²) in [5, 5.41) is 89.1. The summed E-state index contributed by atoms with van der Waals surface area (Å²) >= 11 is 0. The smallest absolute Gasteiger partial charge is 0.343 e. The lowest BCUT2D eigenvalue weighted by molar-refractivity contribution is -0.409. The number of hydrogen-bond acceptors (Lipinski definition) is 13. The normalized spacial score (nSPS) is 46.3. The van der Waals surface area contributed by atoms with Crippen LogP contribution in [0.4, 0.5) is 0 Å². The molecule has 12 fully saturated rings. The summed E-state index contributed by atoms with van der Waals surface area (Å²) in [5.41, 5.74) is -1.58. The molecule has 4 aromatic carbocycles. The zero-order valence-electron chi connectivity index (χ0n) is 47.8. The molecule has 0 radical (unpaired) electrons. The first-order valence-corrected chi connectivity index (χ1v) is 34.9. The maximum absolute atomic E-state index is 16.2.